The molecule has 1 fully saturated rings. The van der Waals surface area contributed by atoms with Crippen LogP contribution in [-0.2, 0) is 0 Å². The lowest BCUT2D eigenvalue weighted by Crippen LogP contribution is -2.40. The van der Waals surface area contributed by atoms with Gasteiger partial charge in [0.25, 0.3) is 0 Å². The highest BCUT2D eigenvalue weighted by molar-refractivity contribution is 5.30. The summed E-state index contributed by atoms with van der Waals surface area (Å²) in [4.78, 5) is 0. The zero-order valence-corrected chi connectivity index (χ0v) is 10.0. The first kappa shape index (κ1) is 10.7. The highest BCUT2D eigenvalue weighted by atomic mass is 14.9. The fourth-order valence-electron chi connectivity index (χ4n) is 2.65. The minimum atomic E-state index is 0.379. The first-order valence-electron chi connectivity index (χ1n) is 5.90. The van der Waals surface area contributed by atoms with Crippen molar-refractivity contribution < 1.29 is 0 Å². The van der Waals surface area contributed by atoms with E-state index in [0.29, 0.717) is 11.5 Å². The molecule has 1 nitrogen and oxygen atoms in total. The van der Waals surface area contributed by atoms with Gasteiger partial charge < -0.3 is 5.32 Å². The van der Waals surface area contributed by atoms with Crippen LogP contribution in [-0.4, -0.2) is 6.54 Å². The number of rotatable bonds is 1. The van der Waals surface area contributed by atoms with Crippen LogP contribution in [0.1, 0.15) is 43.9 Å². The van der Waals surface area contributed by atoms with Crippen LogP contribution in [0.25, 0.3) is 0 Å². The van der Waals surface area contributed by atoms with E-state index in [-0.39, 0.29) is 0 Å². The molecule has 1 aliphatic rings. The minimum absolute atomic E-state index is 0.379. The van der Waals surface area contributed by atoms with Crippen molar-refractivity contribution in [2.24, 2.45) is 5.41 Å². The van der Waals surface area contributed by atoms with E-state index < -0.39 is 0 Å². The normalized spacial score (nSPS) is 25.1. The summed E-state index contributed by atoms with van der Waals surface area (Å²) in [5.41, 5.74) is 3.26. The molecule has 1 N–H and O–H groups in total. The summed E-state index contributed by atoms with van der Waals surface area (Å²) in [5, 5.41) is 3.67. The van der Waals surface area contributed by atoms with Gasteiger partial charge in [0.15, 0.2) is 0 Å². The summed E-state index contributed by atoms with van der Waals surface area (Å²) in [5.74, 6) is 0. The number of aryl methyl sites for hydroxylation is 1. The van der Waals surface area contributed by atoms with Gasteiger partial charge in [-0.1, -0.05) is 38.1 Å². The topological polar surface area (TPSA) is 12.0 Å². The molecule has 1 heterocycles. The van der Waals surface area contributed by atoms with Crippen LogP contribution in [0.5, 0.6) is 0 Å². The molecule has 1 aliphatic heterocycles. The van der Waals surface area contributed by atoms with E-state index in [0.717, 1.165) is 6.54 Å². The first-order valence-corrected chi connectivity index (χ1v) is 5.90. The molecule has 1 aromatic carbocycles. The van der Waals surface area contributed by atoms with Gasteiger partial charge in [0.2, 0.25) is 0 Å². The van der Waals surface area contributed by atoms with Crippen molar-refractivity contribution in [3.05, 3.63) is 35.4 Å². The van der Waals surface area contributed by atoms with Gasteiger partial charge in [-0.15, -0.1) is 0 Å². The summed E-state index contributed by atoms with van der Waals surface area (Å²) >= 11 is 0. The molecule has 0 radical (unpaired) electrons. The molecule has 1 saturated heterocycles. The molecule has 0 aliphatic carbocycles. The molecular weight excluding hydrogens is 182 g/mol. The van der Waals surface area contributed by atoms with Crippen molar-refractivity contribution in [3.63, 3.8) is 0 Å². The standard InChI is InChI=1S/C14H21N/c1-11-7-4-5-8-12(11)13-14(2,3)9-6-10-15-13/h4-5,7-8,13,15H,6,9-10H2,1-3H3. The van der Waals surface area contributed by atoms with E-state index >= 15 is 0 Å². The second kappa shape index (κ2) is 3.97. The molecule has 0 spiro atoms. The Kier molecular flexibility index (Phi) is 2.83. The van der Waals surface area contributed by atoms with Crippen molar-refractivity contribution in [3.8, 4) is 0 Å². The van der Waals surface area contributed by atoms with Gasteiger partial charge in [0.1, 0.15) is 0 Å². The van der Waals surface area contributed by atoms with Crippen LogP contribution >= 0.6 is 0 Å². The molecule has 1 aromatic rings. The van der Waals surface area contributed by atoms with Gasteiger partial charge >= 0.3 is 0 Å². The highest BCUT2D eigenvalue weighted by Gasteiger charge is 2.33. The largest absolute Gasteiger partial charge is 0.309 e. The van der Waals surface area contributed by atoms with Crippen LogP contribution in [0.2, 0.25) is 0 Å². The summed E-state index contributed by atoms with van der Waals surface area (Å²) in [6.07, 6.45) is 2.62. The predicted molar refractivity (Wildman–Crippen MR) is 64.9 cm³/mol. The van der Waals surface area contributed by atoms with Crippen LogP contribution in [0.3, 0.4) is 0 Å². The summed E-state index contributed by atoms with van der Waals surface area (Å²) in [7, 11) is 0. The molecule has 0 aromatic heterocycles. The third-order valence-electron chi connectivity index (χ3n) is 3.63. The number of hydrogen-bond acceptors (Lipinski definition) is 1. The molecule has 0 bridgehead atoms. The van der Waals surface area contributed by atoms with Crippen molar-refractivity contribution in [2.75, 3.05) is 6.54 Å². The maximum atomic E-state index is 3.67. The maximum absolute atomic E-state index is 3.67. The van der Waals surface area contributed by atoms with Gasteiger partial charge in [-0.2, -0.15) is 0 Å². The SMILES string of the molecule is Cc1ccccc1C1NCCCC1(C)C. The van der Waals surface area contributed by atoms with Crippen LogP contribution in [0, 0.1) is 12.3 Å². The Bertz CT molecular complexity index is 341. The number of piperidine rings is 1. The average molecular weight is 203 g/mol. The Morgan fingerprint density at radius 3 is 2.67 bits per heavy atom. The highest BCUT2D eigenvalue weighted by Crippen LogP contribution is 2.40. The molecule has 2 rings (SSSR count). The Morgan fingerprint density at radius 2 is 2.00 bits per heavy atom. The van der Waals surface area contributed by atoms with Crippen LogP contribution < -0.4 is 5.32 Å². The van der Waals surface area contributed by atoms with Crippen molar-refractivity contribution in [1.29, 1.82) is 0 Å². The van der Waals surface area contributed by atoms with E-state index in [2.05, 4.69) is 50.4 Å². The Morgan fingerprint density at radius 1 is 1.27 bits per heavy atom. The second-order valence-electron chi connectivity index (χ2n) is 5.34. The summed E-state index contributed by atoms with van der Waals surface area (Å²) in [6, 6.07) is 9.26. The van der Waals surface area contributed by atoms with E-state index in [9.17, 15) is 0 Å². The van der Waals surface area contributed by atoms with Crippen molar-refractivity contribution in [2.45, 2.75) is 39.7 Å². The van der Waals surface area contributed by atoms with E-state index in [1.54, 1.807) is 0 Å². The Hall–Kier alpha value is -0.820. The average Bonchev–Trinajstić information content (AvgIpc) is 2.19. The van der Waals surface area contributed by atoms with E-state index in [4.69, 9.17) is 0 Å². The second-order valence-corrected chi connectivity index (χ2v) is 5.34. The lowest BCUT2D eigenvalue weighted by atomic mass is 9.74. The third-order valence-corrected chi connectivity index (χ3v) is 3.63. The summed E-state index contributed by atoms with van der Waals surface area (Å²) in [6.45, 7) is 8.11. The minimum Gasteiger partial charge on any atom is -0.309 e. The fourth-order valence-corrected chi connectivity index (χ4v) is 2.65. The van der Waals surface area contributed by atoms with Gasteiger partial charge in [-0.05, 0) is 42.9 Å². The number of benzene rings is 1. The zero-order valence-electron chi connectivity index (χ0n) is 10.0. The molecule has 1 atom stereocenters. The Labute approximate surface area is 92.9 Å². The van der Waals surface area contributed by atoms with E-state index in [1.807, 2.05) is 0 Å². The lowest BCUT2D eigenvalue weighted by molar-refractivity contribution is 0.181. The fraction of sp³-hybridized carbons (Fsp3) is 0.571. The van der Waals surface area contributed by atoms with E-state index in [1.165, 1.54) is 24.0 Å². The Balaban J connectivity index is 2.33. The van der Waals surface area contributed by atoms with Crippen LogP contribution in [0.4, 0.5) is 0 Å². The van der Waals surface area contributed by atoms with Gasteiger partial charge in [-0.25, -0.2) is 0 Å². The van der Waals surface area contributed by atoms with Crippen molar-refractivity contribution >= 4 is 0 Å². The van der Waals surface area contributed by atoms with Gasteiger partial charge in [0, 0.05) is 6.04 Å². The maximum Gasteiger partial charge on any atom is 0.0374 e. The lowest BCUT2D eigenvalue weighted by Gasteiger charge is -2.40. The zero-order chi connectivity index (χ0) is 10.9. The molecule has 1 heteroatoms. The quantitative estimate of drug-likeness (QED) is 0.737. The molecule has 15 heavy (non-hydrogen) atoms. The van der Waals surface area contributed by atoms with Gasteiger partial charge in [-0.3, -0.25) is 0 Å². The predicted octanol–water partition coefficient (Wildman–Crippen LogP) is 3.45. The number of hydrogen-bond donors (Lipinski definition) is 1. The number of nitrogens with one attached hydrogen (secondary N) is 1. The smallest absolute Gasteiger partial charge is 0.0374 e. The first-order chi connectivity index (χ1) is 7.11. The monoisotopic (exact) mass is 203 g/mol. The molecular formula is C14H21N. The molecule has 0 amide bonds. The molecule has 0 saturated carbocycles. The third kappa shape index (κ3) is 2.07. The summed E-state index contributed by atoms with van der Waals surface area (Å²) < 4.78 is 0. The molecule has 1 unspecified atom stereocenters. The van der Waals surface area contributed by atoms with Crippen molar-refractivity contribution in [1.82, 2.24) is 5.32 Å². The van der Waals surface area contributed by atoms with Gasteiger partial charge in [0.05, 0.1) is 0 Å². The molecule has 82 valence electrons. The van der Waals surface area contributed by atoms with Crippen LogP contribution in [0.15, 0.2) is 24.3 Å².